The zero-order valence-corrected chi connectivity index (χ0v) is 8.97. The summed E-state index contributed by atoms with van der Waals surface area (Å²) < 4.78 is 0. The van der Waals surface area contributed by atoms with Crippen LogP contribution in [0.15, 0.2) is 23.4 Å². The van der Waals surface area contributed by atoms with Gasteiger partial charge in [-0.15, -0.1) is 0 Å². The monoisotopic (exact) mass is 178 g/mol. The molecule has 0 spiro atoms. The Balaban J connectivity index is 2.11. The quantitative estimate of drug-likeness (QED) is 0.578. The highest BCUT2D eigenvalue weighted by atomic mass is 28.3. The lowest BCUT2D eigenvalue weighted by Crippen LogP contribution is -2.42. The highest BCUT2D eigenvalue weighted by molar-refractivity contribution is 6.89. The summed E-state index contributed by atoms with van der Waals surface area (Å²) in [6.07, 6.45) is 11.4. The van der Waals surface area contributed by atoms with Gasteiger partial charge in [0.15, 0.2) is 0 Å². The molecule has 0 nitrogen and oxygen atoms in total. The first-order chi connectivity index (χ1) is 5.87. The van der Waals surface area contributed by atoms with Gasteiger partial charge in [-0.3, -0.25) is 0 Å². The van der Waals surface area contributed by atoms with Crippen molar-refractivity contribution >= 4 is 8.07 Å². The number of allylic oxidation sites excluding steroid dienone is 4. The first kappa shape index (κ1) is 8.30. The smallest absolute Gasteiger partial charge is 0.0815 e. The summed E-state index contributed by atoms with van der Waals surface area (Å²) in [5.41, 5.74) is 0. The van der Waals surface area contributed by atoms with E-state index >= 15 is 0 Å². The molecule has 0 radical (unpaired) electrons. The van der Waals surface area contributed by atoms with E-state index in [0.29, 0.717) is 0 Å². The Morgan fingerprint density at radius 2 is 2.25 bits per heavy atom. The van der Waals surface area contributed by atoms with Crippen LogP contribution in [0.4, 0.5) is 0 Å². The van der Waals surface area contributed by atoms with Crippen molar-refractivity contribution in [1.82, 2.24) is 0 Å². The third-order valence-corrected chi connectivity index (χ3v) is 9.10. The molecule has 2 aliphatic rings. The van der Waals surface area contributed by atoms with Gasteiger partial charge in [0.2, 0.25) is 0 Å². The van der Waals surface area contributed by atoms with Crippen molar-refractivity contribution in [3.63, 3.8) is 0 Å². The molecule has 0 bridgehead atoms. The van der Waals surface area contributed by atoms with E-state index in [0.717, 1.165) is 0 Å². The molecule has 0 aromatic rings. The number of rotatable bonds is 3. The van der Waals surface area contributed by atoms with E-state index in [1.54, 1.807) is 23.3 Å². The molecule has 0 N–H and O–H groups in total. The second-order valence-corrected chi connectivity index (χ2v) is 8.82. The van der Waals surface area contributed by atoms with Crippen molar-refractivity contribution in [1.29, 1.82) is 0 Å². The van der Waals surface area contributed by atoms with Crippen LogP contribution in [-0.4, -0.2) is 8.07 Å². The van der Waals surface area contributed by atoms with Crippen LogP contribution in [0.3, 0.4) is 0 Å². The van der Waals surface area contributed by atoms with Crippen molar-refractivity contribution in [3.05, 3.63) is 23.4 Å². The van der Waals surface area contributed by atoms with E-state index < -0.39 is 8.07 Å². The lowest BCUT2D eigenvalue weighted by atomic mass is 10.5. The zero-order valence-electron chi connectivity index (χ0n) is 7.97. The molecule has 0 aromatic carbocycles. The topological polar surface area (TPSA) is 0 Å². The standard InChI is InChI=1S/C11H18Si/c1-2-8-12(9-5-10-12)11-6-3-4-7-11/h3,6-7H,2,4-5,8-10H2,1H3. The van der Waals surface area contributed by atoms with Crippen LogP contribution in [0.1, 0.15) is 26.2 Å². The average Bonchev–Trinajstić information content (AvgIpc) is 2.48. The normalized spacial score (nSPS) is 25.2. The van der Waals surface area contributed by atoms with E-state index in [1.165, 1.54) is 19.3 Å². The van der Waals surface area contributed by atoms with Gasteiger partial charge in [-0.1, -0.05) is 61.3 Å². The molecule has 2 rings (SSSR count). The largest absolute Gasteiger partial charge is 0.0862 e. The van der Waals surface area contributed by atoms with Gasteiger partial charge >= 0.3 is 0 Å². The fourth-order valence-electron chi connectivity index (χ4n) is 2.62. The third-order valence-electron chi connectivity index (χ3n) is 3.42. The van der Waals surface area contributed by atoms with Crippen molar-refractivity contribution in [2.24, 2.45) is 0 Å². The first-order valence-corrected chi connectivity index (χ1v) is 7.87. The summed E-state index contributed by atoms with van der Waals surface area (Å²) in [6, 6.07) is 4.71. The molecule has 1 heterocycles. The van der Waals surface area contributed by atoms with E-state index in [9.17, 15) is 0 Å². The molecule has 1 fully saturated rings. The Kier molecular flexibility index (Phi) is 2.22. The van der Waals surface area contributed by atoms with Gasteiger partial charge in [0.25, 0.3) is 0 Å². The molecule has 1 aliphatic carbocycles. The van der Waals surface area contributed by atoms with E-state index in [-0.39, 0.29) is 0 Å². The summed E-state index contributed by atoms with van der Waals surface area (Å²) in [7, 11) is -0.835. The van der Waals surface area contributed by atoms with Crippen LogP contribution in [-0.2, 0) is 0 Å². The molecular weight excluding hydrogens is 160 g/mol. The summed E-state index contributed by atoms with van der Waals surface area (Å²) in [4.78, 5) is 0. The first-order valence-electron chi connectivity index (χ1n) is 5.24. The molecule has 12 heavy (non-hydrogen) atoms. The molecule has 1 heteroatoms. The third kappa shape index (κ3) is 1.20. The Hall–Kier alpha value is -0.303. The predicted molar refractivity (Wildman–Crippen MR) is 56.9 cm³/mol. The van der Waals surface area contributed by atoms with Gasteiger partial charge in [-0.05, 0) is 6.42 Å². The molecule has 66 valence electrons. The predicted octanol–water partition coefficient (Wildman–Crippen LogP) is 3.67. The van der Waals surface area contributed by atoms with Crippen molar-refractivity contribution in [2.75, 3.05) is 0 Å². The molecule has 0 aromatic heterocycles. The zero-order chi connectivity index (χ0) is 8.44. The lowest BCUT2D eigenvalue weighted by molar-refractivity contribution is 0.861. The van der Waals surface area contributed by atoms with E-state index in [1.807, 2.05) is 0 Å². The van der Waals surface area contributed by atoms with Crippen LogP contribution >= 0.6 is 0 Å². The van der Waals surface area contributed by atoms with Crippen LogP contribution in [0.2, 0.25) is 18.1 Å². The highest BCUT2D eigenvalue weighted by Crippen LogP contribution is 2.43. The fourth-order valence-corrected chi connectivity index (χ4v) is 7.17. The molecule has 0 amide bonds. The van der Waals surface area contributed by atoms with E-state index in [2.05, 4.69) is 25.2 Å². The maximum absolute atomic E-state index is 2.49. The number of hydrogen-bond acceptors (Lipinski definition) is 0. The van der Waals surface area contributed by atoms with Gasteiger partial charge in [-0.2, -0.15) is 0 Å². The second-order valence-electron chi connectivity index (χ2n) is 4.18. The Morgan fingerprint density at radius 1 is 1.42 bits per heavy atom. The van der Waals surface area contributed by atoms with Crippen LogP contribution in [0.25, 0.3) is 0 Å². The molecule has 0 atom stereocenters. The van der Waals surface area contributed by atoms with Gasteiger partial charge in [0, 0.05) is 0 Å². The summed E-state index contributed by atoms with van der Waals surface area (Å²) >= 11 is 0. The summed E-state index contributed by atoms with van der Waals surface area (Å²) in [5, 5.41) is 1.79. The molecule has 1 aliphatic heterocycles. The SMILES string of the molecule is CCC[Si]1(C2=CCC=C2)CCC1. The van der Waals surface area contributed by atoms with Crippen LogP contribution < -0.4 is 0 Å². The Labute approximate surface area is 76.4 Å². The van der Waals surface area contributed by atoms with Gasteiger partial charge in [0.05, 0.1) is 8.07 Å². The molecular formula is C11H18Si. The molecule has 0 saturated carbocycles. The fraction of sp³-hybridized carbons (Fsp3) is 0.636. The van der Waals surface area contributed by atoms with Crippen molar-refractivity contribution in [3.8, 4) is 0 Å². The second kappa shape index (κ2) is 3.21. The Bertz CT molecular complexity index is 221. The number of hydrogen-bond donors (Lipinski definition) is 0. The van der Waals surface area contributed by atoms with Crippen molar-refractivity contribution in [2.45, 2.75) is 44.3 Å². The van der Waals surface area contributed by atoms with Gasteiger partial charge < -0.3 is 0 Å². The molecule has 0 unspecified atom stereocenters. The minimum atomic E-state index is -0.835. The van der Waals surface area contributed by atoms with Crippen molar-refractivity contribution < 1.29 is 0 Å². The van der Waals surface area contributed by atoms with E-state index in [4.69, 9.17) is 0 Å². The summed E-state index contributed by atoms with van der Waals surface area (Å²) in [6.45, 7) is 2.34. The molecule has 1 saturated heterocycles. The Morgan fingerprint density at radius 3 is 2.67 bits per heavy atom. The minimum Gasteiger partial charge on any atom is -0.0815 e. The lowest BCUT2D eigenvalue weighted by Gasteiger charge is -2.40. The summed E-state index contributed by atoms with van der Waals surface area (Å²) in [5.74, 6) is 0. The van der Waals surface area contributed by atoms with Gasteiger partial charge in [0.1, 0.15) is 0 Å². The van der Waals surface area contributed by atoms with Crippen LogP contribution in [0.5, 0.6) is 0 Å². The highest BCUT2D eigenvalue weighted by Gasteiger charge is 2.40. The average molecular weight is 178 g/mol. The maximum atomic E-state index is 2.49. The van der Waals surface area contributed by atoms with Gasteiger partial charge in [-0.25, -0.2) is 0 Å². The maximum Gasteiger partial charge on any atom is 0.0862 e. The minimum absolute atomic E-state index is 0.835. The van der Waals surface area contributed by atoms with Crippen LogP contribution in [0, 0.1) is 0 Å².